The van der Waals surface area contributed by atoms with Gasteiger partial charge in [-0.15, -0.1) is 0 Å². The Bertz CT molecular complexity index is 730. The second-order valence-electron chi connectivity index (χ2n) is 3.89. The van der Waals surface area contributed by atoms with Crippen molar-refractivity contribution in [2.45, 2.75) is 5.06 Å². The molecule has 0 radical (unpaired) electrons. The van der Waals surface area contributed by atoms with E-state index in [0.717, 1.165) is 0 Å². The number of allylic oxidation sites excluding steroid dienone is 1. The largest absolute Gasteiger partial charge is 0.447 e. The highest BCUT2D eigenvalue weighted by Crippen LogP contribution is 2.49. The molecule has 0 spiro atoms. The standard InChI is InChI=1S/C14H7ClN4O/c15-14(10-4-2-1-3-5-10)12(9(6-16)7-17)11(8-18)13(19)20-14/h1-5H,19H2. The van der Waals surface area contributed by atoms with Crippen LogP contribution in [-0.4, -0.2) is 0 Å². The van der Waals surface area contributed by atoms with Crippen LogP contribution in [0.3, 0.4) is 0 Å². The van der Waals surface area contributed by atoms with Gasteiger partial charge in [0.1, 0.15) is 29.4 Å². The van der Waals surface area contributed by atoms with Gasteiger partial charge in [0.2, 0.25) is 10.9 Å². The summed E-state index contributed by atoms with van der Waals surface area (Å²) in [6.07, 6.45) is 0. The van der Waals surface area contributed by atoms with Crippen molar-refractivity contribution < 1.29 is 4.74 Å². The predicted octanol–water partition coefficient (Wildman–Crippen LogP) is 2.15. The number of rotatable bonds is 1. The highest BCUT2D eigenvalue weighted by Gasteiger charge is 2.47. The van der Waals surface area contributed by atoms with E-state index in [4.69, 9.17) is 37.9 Å². The second-order valence-corrected chi connectivity index (χ2v) is 4.42. The summed E-state index contributed by atoms with van der Waals surface area (Å²) in [5, 5.41) is 25.6. The fraction of sp³-hybridized carbons (Fsp3) is 0.0714. The Morgan fingerprint density at radius 2 is 1.75 bits per heavy atom. The van der Waals surface area contributed by atoms with Crippen LogP contribution in [0, 0.1) is 34.0 Å². The summed E-state index contributed by atoms with van der Waals surface area (Å²) >= 11 is 6.43. The van der Waals surface area contributed by atoms with E-state index in [1.165, 1.54) is 0 Å². The fourth-order valence-corrected chi connectivity index (χ4v) is 2.33. The zero-order chi connectivity index (χ0) is 14.8. The van der Waals surface area contributed by atoms with Crippen LogP contribution in [0.15, 0.2) is 52.9 Å². The number of alkyl halides is 1. The highest BCUT2D eigenvalue weighted by atomic mass is 35.5. The van der Waals surface area contributed by atoms with Crippen LogP contribution in [-0.2, 0) is 9.80 Å². The van der Waals surface area contributed by atoms with Gasteiger partial charge < -0.3 is 10.5 Å². The highest BCUT2D eigenvalue weighted by molar-refractivity contribution is 6.26. The first-order valence-corrected chi connectivity index (χ1v) is 5.85. The van der Waals surface area contributed by atoms with Crippen molar-refractivity contribution in [3.8, 4) is 18.2 Å². The summed E-state index contributed by atoms with van der Waals surface area (Å²) in [5.74, 6) is -0.204. The predicted molar refractivity (Wildman–Crippen MR) is 70.1 cm³/mol. The Balaban J connectivity index is 2.76. The topological polar surface area (TPSA) is 107 Å². The molecular weight excluding hydrogens is 276 g/mol. The van der Waals surface area contributed by atoms with Gasteiger partial charge in [0.15, 0.2) is 0 Å². The molecule has 1 aromatic rings. The van der Waals surface area contributed by atoms with Crippen LogP contribution in [0.5, 0.6) is 0 Å². The van der Waals surface area contributed by atoms with Crippen molar-refractivity contribution in [3.63, 3.8) is 0 Å². The van der Waals surface area contributed by atoms with E-state index in [0.29, 0.717) is 5.56 Å². The molecule has 1 aliphatic rings. The Hall–Kier alpha value is -2.94. The minimum atomic E-state index is -1.64. The van der Waals surface area contributed by atoms with Crippen molar-refractivity contribution in [2.75, 3.05) is 0 Å². The van der Waals surface area contributed by atoms with E-state index in [1.54, 1.807) is 42.5 Å². The third-order valence-corrected chi connectivity index (χ3v) is 3.28. The number of benzene rings is 1. The maximum absolute atomic E-state index is 9.15. The van der Waals surface area contributed by atoms with Gasteiger partial charge in [-0.2, -0.15) is 15.8 Å². The van der Waals surface area contributed by atoms with Crippen molar-refractivity contribution in [3.05, 3.63) is 58.5 Å². The number of nitrogens with zero attached hydrogens (tertiary/aromatic N) is 3. The SMILES string of the molecule is N#CC(C#N)=C1C(C#N)=C(N)OC1(Cl)c1ccccc1. The third kappa shape index (κ3) is 1.86. The third-order valence-electron chi connectivity index (χ3n) is 2.80. The number of hydrogen-bond donors (Lipinski definition) is 1. The molecule has 1 atom stereocenters. The van der Waals surface area contributed by atoms with Crippen LogP contribution in [0.2, 0.25) is 0 Å². The maximum atomic E-state index is 9.15. The van der Waals surface area contributed by atoms with Crippen LogP contribution < -0.4 is 5.73 Å². The maximum Gasteiger partial charge on any atom is 0.239 e. The molecule has 0 aliphatic carbocycles. The lowest BCUT2D eigenvalue weighted by Gasteiger charge is -2.24. The van der Waals surface area contributed by atoms with Gasteiger partial charge in [0.25, 0.3) is 0 Å². The lowest BCUT2D eigenvalue weighted by atomic mass is 9.93. The van der Waals surface area contributed by atoms with Crippen LogP contribution in [0.25, 0.3) is 0 Å². The molecule has 2 rings (SSSR count). The molecule has 0 fully saturated rings. The number of halogens is 1. The molecular formula is C14H7ClN4O. The molecule has 0 amide bonds. The van der Waals surface area contributed by atoms with E-state index in [1.807, 2.05) is 6.07 Å². The number of ether oxygens (including phenoxy) is 1. The van der Waals surface area contributed by atoms with Gasteiger partial charge in [-0.25, -0.2) is 0 Å². The lowest BCUT2D eigenvalue weighted by molar-refractivity contribution is 0.127. The molecule has 1 heterocycles. The van der Waals surface area contributed by atoms with Gasteiger partial charge in [-0.3, -0.25) is 0 Å². The molecule has 0 aromatic heterocycles. The van der Waals surface area contributed by atoms with E-state index < -0.39 is 5.06 Å². The average molecular weight is 283 g/mol. The van der Waals surface area contributed by atoms with Gasteiger partial charge in [-0.05, 0) is 0 Å². The fourth-order valence-electron chi connectivity index (χ4n) is 1.93. The molecule has 0 saturated heterocycles. The first-order chi connectivity index (χ1) is 9.58. The molecule has 0 saturated carbocycles. The first kappa shape index (κ1) is 13.5. The summed E-state index contributed by atoms with van der Waals surface area (Å²) in [4.78, 5) is 0. The van der Waals surface area contributed by atoms with Crippen LogP contribution >= 0.6 is 11.6 Å². The molecule has 1 aromatic carbocycles. The zero-order valence-electron chi connectivity index (χ0n) is 10.1. The summed E-state index contributed by atoms with van der Waals surface area (Å²) in [6, 6.07) is 13.8. The molecule has 6 heteroatoms. The van der Waals surface area contributed by atoms with Crippen LogP contribution in [0.1, 0.15) is 5.56 Å². The molecule has 1 aliphatic heterocycles. The normalized spacial score (nSPS) is 20.6. The average Bonchev–Trinajstić information content (AvgIpc) is 2.73. The Morgan fingerprint density at radius 3 is 2.25 bits per heavy atom. The van der Waals surface area contributed by atoms with Crippen molar-refractivity contribution in [1.29, 1.82) is 15.8 Å². The van der Waals surface area contributed by atoms with E-state index in [9.17, 15) is 0 Å². The Kier molecular flexibility index (Phi) is 3.36. The number of nitriles is 3. The van der Waals surface area contributed by atoms with Crippen molar-refractivity contribution in [2.24, 2.45) is 5.73 Å². The van der Waals surface area contributed by atoms with Crippen LogP contribution in [0.4, 0.5) is 0 Å². The summed E-state index contributed by atoms with van der Waals surface area (Å²) in [6.45, 7) is 0. The van der Waals surface area contributed by atoms with Gasteiger partial charge in [0, 0.05) is 5.56 Å². The first-order valence-electron chi connectivity index (χ1n) is 5.47. The van der Waals surface area contributed by atoms with Crippen molar-refractivity contribution >= 4 is 11.6 Å². The molecule has 1 unspecified atom stereocenters. The Morgan fingerprint density at radius 1 is 1.15 bits per heavy atom. The Labute approximate surface area is 120 Å². The van der Waals surface area contributed by atoms with E-state index in [-0.39, 0.29) is 22.6 Å². The molecule has 96 valence electrons. The number of hydrogen-bond acceptors (Lipinski definition) is 5. The monoisotopic (exact) mass is 282 g/mol. The second kappa shape index (κ2) is 4.97. The lowest BCUT2D eigenvalue weighted by Crippen LogP contribution is -2.22. The van der Waals surface area contributed by atoms with Crippen molar-refractivity contribution in [1.82, 2.24) is 0 Å². The molecule has 20 heavy (non-hydrogen) atoms. The molecule has 0 bridgehead atoms. The van der Waals surface area contributed by atoms with Gasteiger partial charge in [-0.1, -0.05) is 41.9 Å². The molecule has 5 nitrogen and oxygen atoms in total. The summed E-state index contributed by atoms with van der Waals surface area (Å²) in [7, 11) is 0. The minimum Gasteiger partial charge on any atom is -0.447 e. The summed E-state index contributed by atoms with van der Waals surface area (Å²) < 4.78 is 5.38. The zero-order valence-corrected chi connectivity index (χ0v) is 10.8. The number of nitrogens with two attached hydrogens (primary N) is 1. The van der Waals surface area contributed by atoms with E-state index in [2.05, 4.69) is 0 Å². The quantitative estimate of drug-likeness (QED) is 0.627. The smallest absolute Gasteiger partial charge is 0.239 e. The van der Waals surface area contributed by atoms with Gasteiger partial charge >= 0.3 is 0 Å². The summed E-state index contributed by atoms with van der Waals surface area (Å²) in [5.41, 5.74) is 5.70. The molecule has 2 N–H and O–H groups in total. The minimum absolute atomic E-state index is 0.0182. The van der Waals surface area contributed by atoms with Gasteiger partial charge in [0.05, 0.1) is 5.57 Å². The van der Waals surface area contributed by atoms with E-state index >= 15 is 0 Å².